The van der Waals surface area contributed by atoms with Gasteiger partial charge in [-0.05, 0) is 45.3 Å². The van der Waals surface area contributed by atoms with E-state index < -0.39 is 0 Å². The minimum atomic E-state index is -0.0450. The van der Waals surface area contributed by atoms with Crippen LogP contribution in [0.1, 0.15) is 11.1 Å². The van der Waals surface area contributed by atoms with E-state index in [1.807, 2.05) is 30.4 Å². The number of nitrogens with zero attached hydrogens (tertiary/aromatic N) is 1. The van der Waals surface area contributed by atoms with Gasteiger partial charge in [0.25, 0.3) is 0 Å². The predicted molar refractivity (Wildman–Crippen MR) is 81.6 cm³/mol. The molecule has 0 atom stereocenters. The molecule has 0 aliphatic heterocycles. The molecule has 0 aliphatic rings. The standard InChI is InChI=1S/C15H14BrNO3/c16-14-9-12(10-17-15(14)20-8-7-18)2-1-11-3-5-13(19)6-4-11/h1-6,9-10,18-19H,7-8H2. The normalized spacial score (nSPS) is 10.9. The third kappa shape index (κ3) is 4.08. The van der Waals surface area contributed by atoms with Crippen molar-refractivity contribution in [3.63, 3.8) is 0 Å². The zero-order chi connectivity index (χ0) is 14.4. The molecule has 0 spiro atoms. The van der Waals surface area contributed by atoms with Crippen LogP contribution in [0.15, 0.2) is 41.0 Å². The summed E-state index contributed by atoms with van der Waals surface area (Å²) in [4.78, 5) is 4.17. The number of aliphatic hydroxyl groups is 1. The van der Waals surface area contributed by atoms with Crippen molar-refractivity contribution in [2.75, 3.05) is 13.2 Å². The average molecular weight is 336 g/mol. The van der Waals surface area contributed by atoms with E-state index in [-0.39, 0.29) is 19.0 Å². The summed E-state index contributed by atoms with van der Waals surface area (Å²) >= 11 is 3.38. The van der Waals surface area contributed by atoms with Gasteiger partial charge in [0.05, 0.1) is 11.1 Å². The minimum absolute atomic E-state index is 0.0450. The number of aromatic hydroxyl groups is 1. The quantitative estimate of drug-likeness (QED) is 0.881. The molecule has 2 N–H and O–H groups in total. The Morgan fingerprint density at radius 3 is 2.50 bits per heavy atom. The molecule has 1 aromatic heterocycles. The molecule has 0 saturated carbocycles. The lowest BCUT2D eigenvalue weighted by molar-refractivity contribution is 0.196. The predicted octanol–water partition coefficient (Wildman–Crippen LogP) is 3.09. The number of aliphatic hydroxyl groups excluding tert-OH is 1. The second kappa shape index (κ2) is 7.07. The Labute approximate surface area is 125 Å². The second-order valence-electron chi connectivity index (χ2n) is 4.05. The summed E-state index contributed by atoms with van der Waals surface area (Å²) in [5.41, 5.74) is 1.90. The highest BCUT2D eigenvalue weighted by molar-refractivity contribution is 9.10. The van der Waals surface area contributed by atoms with E-state index >= 15 is 0 Å². The zero-order valence-corrected chi connectivity index (χ0v) is 12.2. The SMILES string of the molecule is OCCOc1ncc(C=Cc2ccc(O)cc2)cc1Br. The van der Waals surface area contributed by atoms with Gasteiger partial charge >= 0.3 is 0 Å². The smallest absolute Gasteiger partial charge is 0.228 e. The number of aromatic nitrogens is 1. The summed E-state index contributed by atoms with van der Waals surface area (Å²) in [5, 5.41) is 17.9. The zero-order valence-electron chi connectivity index (χ0n) is 10.7. The maximum Gasteiger partial charge on any atom is 0.228 e. The molecule has 0 unspecified atom stereocenters. The Balaban J connectivity index is 2.09. The molecule has 0 radical (unpaired) electrons. The van der Waals surface area contributed by atoms with Gasteiger partial charge in [0.1, 0.15) is 12.4 Å². The first kappa shape index (κ1) is 14.6. The van der Waals surface area contributed by atoms with Gasteiger partial charge in [-0.3, -0.25) is 0 Å². The van der Waals surface area contributed by atoms with Crippen LogP contribution in [0.4, 0.5) is 0 Å². The number of ether oxygens (including phenoxy) is 1. The van der Waals surface area contributed by atoms with Gasteiger partial charge < -0.3 is 14.9 Å². The van der Waals surface area contributed by atoms with Gasteiger partial charge in [0, 0.05) is 6.20 Å². The molecule has 1 heterocycles. The van der Waals surface area contributed by atoms with Crippen LogP contribution in [0, 0.1) is 0 Å². The maximum absolute atomic E-state index is 9.21. The Morgan fingerprint density at radius 1 is 1.15 bits per heavy atom. The average Bonchev–Trinajstić information content (AvgIpc) is 2.46. The molecule has 2 rings (SSSR count). The molecule has 104 valence electrons. The van der Waals surface area contributed by atoms with Crippen molar-refractivity contribution < 1.29 is 14.9 Å². The monoisotopic (exact) mass is 335 g/mol. The first-order valence-electron chi connectivity index (χ1n) is 6.05. The van der Waals surface area contributed by atoms with Crippen molar-refractivity contribution >= 4 is 28.1 Å². The van der Waals surface area contributed by atoms with Crippen molar-refractivity contribution in [3.8, 4) is 11.6 Å². The molecule has 5 heteroatoms. The highest BCUT2D eigenvalue weighted by Gasteiger charge is 2.02. The molecular weight excluding hydrogens is 322 g/mol. The molecule has 0 aliphatic carbocycles. The van der Waals surface area contributed by atoms with Crippen molar-refractivity contribution in [3.05, 3.63) is 52.1 Å². The summed E-state index contributed by atoms with van der Waals surface area (Å²) in [6, 6.07) is 8.82. The minimum Gasteiger partial charge on any atom is -0.508 e. The van der Waals surface area contributed by atoms with Crippen LogP contribution in [0.5, 0.6) is 11.6 Å². The van der Waals surface area contributed by atoms with Crippen LogP contribution in [0.3, 0.4) is 0 Å². The third-order valence-electron chi connectivity index (χ3n) is 2.52. The van der Waals surface area contributed by atoms with Crippen molar-refractivity contribution in [1.29, 1.82) is 0 Å². The Hall–Kier alpha value is -1.85. The number of phenols is 1. The highest BCUT2D eigenvalue weighted by atomic mass is 79.9. The van der Waals surface area contributed by atoms with Crippen LogP contribution in [0.2, 0.25) is 0 Å². The lowest BCUT2D eigenvalue weighted by Gasteiger charge is -2.05. The number of pyridine rings is 1. The Kier molecular flexibility index (Phi) is 5.15. The summed E-state index contributed by atoms with van der Waals surface area (Å²) in [6.07, 6.45) is 5.53. The fourth-order valence-electron chi connectivity index (χ4n) is 1.56. The van der Waals surface area contributed by atoms with E-state index in [9.17, 15) is 5.11 Å². The third-order valence-corrected chi connectivity index (χ3v) is 3.09. The van der Waals surface area contributed by atoms with Crippen LogP contribution >= 0.6 is 15.9 Å². The van der Waals surface area contributed by atoms with Crippen LogP contribution in [-0.2, 0) is 0 Å². The van der Waals surface area contributed by atoms with Gasteiger partial charge in [0.15, 0.2) is 0 Å². The topological polar surface area (TPSA) is 62.6 Å². The molecule has 4 nitrogen and oxygen atoms in total. The van der Waals surface area contributed by atoms with E-state index in [1.54, 1.807) is 18.3 Å². The van der Waals surface area contributed by atoms with Crippen molar-refractivity contribution in [2.24, 2.45) is 0 Å². The van der Waals surface area contributed by atoms with Crippen LogP contribution in [-0.4, -0.2) is 28.4 Å². The molecular formula is C15H14BrNO3. The number of rotatable bonds is 5. The molecule has 20 heavy (non-hydrogen) atoms. The number of hydrogen-bond donors (Lipinski definition) is 2. The van der Waals surface area contributed by atoms with Crippen LogP contribution in [0.25, 0.3) is 12.2 Å². The summed E-state index contributed by atoms with van der Waals surface area (Å²) in [5.74, 6) is 0.706. The van der Waals surface area contributed by atoms with Crippen molar-refractivity contribution in [1.82, 2.24) is 4.98 Å². The summed E-state index contributed by atoms with van der Waals surface area (Å²) in [7, 11) is 0. The van der Waals surface area contributed by atoms with Gasteiger partial charge in [-0.2, -0.15) is 0 Å². The van der Waals surface area contributed by atoms with Gasteiger partial charge in [0.2, 0.25) is 5.88 Å². The Morgan fingerprint density at radius 2 is 1.85 bits per heavy atom. The Bertz CT molecular complexity index is 597. The fourth-order valence-corrected chi connectivity index (χ4v) is 2.04. The number of hydrogen-bond acceptors (Lipinski definition) is 4. The summed E-state index contributed by atoms with van der Waals surface area (Å²) in [6.45, 7) is 0.172. The van der Waals surface area contributed by atoms with E-state index in [4.69, 9.17) is 9.84 Å². The molecule has 0 amide bonds. The first-order chi connectivity index (χ1) is 9.69. The van der Waals surface area contributed by atoms with E-state index in [2.05, 4.69) is 20.9 Å². The lowest BCUT2D eigenvalue weighted by Crippen LogP contribution is -2.03. The molecule has 1 aromatic carbocycles. The van der Waals surface area contributed by atoms with Gasteiger partial charge in [-0.25, -0.2) is 4.98 Å². The van der Waals surface area contributed by atoms with Crippen LogP contribution < -0.4 is 4.74 Å². The van der Waals surface area contributed by atoms with E-state index in [1.165, 1.54) is 0 Å². The van der Waals surface area contributed by atoms with Gasteiger partial charge in [-0.15, -0.1) is 0 Å². The number of halogens is 1. The highest BCUT2D eigenvalue weighted by Crippen LogP contribution is 2.24. The molecule has 0 fully saturated rings. The fraction of sp³-hybridized carbons (Fsp3) is 0.133. The summed E-state index contributed by atoms with van der Waals surface area (Å²) < 4.78 is 5.99. The van der Waals surface area contributed by atoms with Crippen molar-refractivity contribution in [2.45, 2.75) is 0 Å². The number of phenolic OH excluding ortho intramolecular Hbond substituents is 1. The molecule has 0 saturated heterocycles. The second-order valence-corrected chi connectivity index (χ2v) is 4.91. The van der Waals surface area contributed by atoms with E-state index in [0.717, 1.165) is 15.6 Å². The first-order valence-corrected chi connectivity index (χ1v) is 6.84. The maximum atomic E-state index is 9.21. The number of benzene rings is 1. The molecule has 0 bridgehead atoms. The van der Waals surface area contributed by atoms with Gasteiger partial charge in [-0.1, -0.05) is 24.3 Å². The van der Waals surface area contributed by atoms with E-state index in [0.29, 0.717) is 5.88 Å². The largest absolute Gasteiger partial charge is 0.508 e. The lowest BCUT2D eigenvalue weighted by atomic mass is 10.1. The molecule has 2 aromatic rings.